The molecule has 6 heteroatoms. The van der Waals surface area contributed by atoms with Gasteiger partial charge in [-0.25, -0.2) is 0 Å². The van der Waals surface area contributed by atoms with E-state index in [0.717, 1.165) is 6.26 Å². The highest BCUT2D eigenvalue weighted by atomic mass is 32.2. The van der Waals surface area contributed by atoms with Crippen LogP contribution in [0.5, 0.6) is 5.75 Å². The van der Waals surface area contributed by atoms with Crippen molar-refractivity contribution < 1.29 is 17.3 Å². The number of nitrogen functional groups attached to an aromatic ring is 1. The molecule has 5 nitrogen and oxygen atoms in total. The first-order valence-corrected chi connectivity index (χ1v) is 6.62. The molecule has 0 bridgehead atoms. The highest BCUT2D eigenvalue weighted by Crippen LogP contribution is 2.13. The summed E-state index contributed by atoms with van der Waals surface area (Å²) in [6.07, 6.45) is 1.53. The van der Waals surface area contributed by atoms with Crippen LogP contribution in [0.1, 0.15) is 6.42 Å². The summed E-state index contributed by atoms with van der Waals surface area (Å²) in [5.41, 5.74) is 6.18. The Kier molecular flexibility index (Phi) is 4.57. The van der Waals surface area contributed by atoms with Crippen LogP contribution in [0, 0.1) is 0 Å². The SMILES string of the molecule is CS(=O)(=O)OCCCOc1ccc(N)cc1. The maximum Gasteiger partial charge on any atom is 0.264 e. The molecule has 0 spiro atoms. The zero-order valence-corrected chi connectivity index (χ0v) is 9.87. The molecule has 0 unspecified atom stereocenters. The number of hydrogen-bond donors (Lipinski definition) is 1. The molecule has 1 aromatic carbocycles. The monoisotopic (exact) mass is 245 g/mol. The van der Waals surface area contributed by atoms with E-state index in [9.17, 15) is 8.42 Å². The van der Waals surface area contributed by atoms with Crippen LogP contribution in [0.4, 0.5) is 5.69 Å². The molecule has 0 fully saturated rings. The predicted molar refractivity (Wildman–Crippen MR) is 61.8 cm³/mol. The van der Waals surface area contributed by atoms with Crippen molar-refractivity contribution in [1.29, 1.82) is 0 Å². The van der Waals surface area contributed by atoms with Crippen molar-refractivity contribution in [2.24, 2.45) is 0 Å². The fourth-order valence-corrected chi connectivity index (χ4v) is 1.44. The van der Waals surface area contributed by atoms with Crippen molar-refractivity contribution in [2.45, 2.75) is 6.42 Å². The van der Waals surface area contributed by atoms with Gasteiger partial charge in [-0.2, -0.15) is 8.42 Å². The normalized spacial score (nSPS) is 11.3. The second kappa shape index (κ2) is 5.72. The molecular formula is C10H15NO4S. The maximum atomic E-state index is 10.6. The molecule has 0 aliphatic heterocycles. The molecule has 1 rings (SSSR count). The topological polar surface area (TPSA) is 78.6 Å². The summed E-state index contributed by atoms with van der Waals surface area (Å²) in [6, 6.07) is 6.99. The first kappa shape index (κ1) is 12.8. The van der Waals surface area contributed by atoms with Crippen LogP contribution in [0.2, 0.25) is 0 Å². The maximum absolute atomic E-state index is 10.6. The average molecular weight is 245 g/mol. The van der Waals surface area contributed by atoms with Gasteiger partial charge in [0.05, 0.1) is 19.5 Å². The lowest BCUT2D eigenvalue weighted by molar-refractivity contribution is 0.252. The number of anilines is 1. The summed E-state index contributed by atoms with van der Waals surface area (Å²) in [5, 5.41) is 0. The van der Waals surface area contributed by atoms with E-state index < -0.39 is 10.1 Å². The van der Waals surface area contributed by atoms with Crippen molar-refractivity contribution >= 4 is 15.8 Å². The van der Waals surface area contributed by atoms with E-state index in [1.807, 2.05) is 0 Å². The van der Waals surface area contributed by atoms with Gasteiger partial charge in [0.2, 0.25) is 0 Å². The Bertz CT molecular complexity index is 413. The molecule has 2 N–H and O–H groups in total. The molecule has 0 aliphatic rings. The molecule has 1 aromatic rings. The Morgan fingerprint density at radius 2 is 1.81 bits per heavy atom. The molecule has 0 saturated heterocycles. The fourth-order valence-electron chi connectivity index (χ4n) is 1.02. The standard InChI is InChI=1S/C10H15NO4S/c1-16(12,13)15-8-2-7-14-10-5-3-9(11)4-6-10/h3-6H,2,7-8,11H2,1H3. The van der Waals surface area contributed by atoms with Gasteiger partial charge >= 0.3 is 0 Å². The van der Waals surface area contributed by atoms with E-state index in [-0.39, 0.29) is 6.61 Å². The van der Waals surface area contributed by atoms with Crippen molar-refractivity contribution in [1.82, 2.24) is 0 Å². The van der Waals surface area contributed by atoms with Gasteiger partial charge in [-0.15, -0.1) is 0 Å². The van der Waals surface area contributed by atoms with Crippen LogP contribution in [-0.4, -0.2) is 27.9 Å². The quantitative estimate of drug-likeness (QED) is 0.460. The van der Waals surface area contributed by atoms with Crippen LogP contribution in [-0.2, 0) is 14.3 Å². The van der Waals surface area contributed by atoms with E-state index in [1.165, 1.54) is 0 Å². The second-order valence-electron chi connectivity index (χ2n) is 3.30. The van der Waals surface area contributed by atoms with Crippen LogP contribution in [0.3, 0.4) is 0 Å². The van der Waals surface area contributed by atoms with Gasteiger partial charge in [-0.05, 0) is 24.3 Å². The Labute approximate surface area is 95.3 Å². The Morgan fingerprint density at radius 1 is 1.19 bits per heavy atom. The lowest BCUT2D eigenvalue weighted by atomic mass is 10.3. The van der Waals surface area contributed by atoms with Gasteiger partial charge in [0.15, 0.2) is 0 Å². The molecule has 0 radical (unpaired) electrons. The minimum atomic E-state index is -3.35. The van der Waals surface area contributed by atoms with Gasteiger partial charge in [0.25, 0.3) is 10.1 Å². The van der Waals surface area contributed by atoms with Crippen molar-refractivity contribution in [3.8, 4) is 5.75 Å². The van der Waals surface area contributed by atoms with Crippen molar-refractivity contribution in [3.05, 3.63) is 24.3 Å². The van der Waals surface area contributed by atoms with Gasteiger partial charge in [-0.1, -0.05) is 0 Å². The van der Waals surface area contributed by atoms with E-state index in [0.29, 0.717) is 24.5 Å². The molecule has 0 heterocycles. The lowest BCUT2D eigenvalue weighted by Crippen LogP contribution is -2.07. The predicted octanol–water partition coefficient (Wildman–Crippen LogP) is 1.01. The molecule has 0 saturated carbocycles. The van der Waals surface area contributed by atoms with Crippen molar-refractivity contribution in [2.75, 3.05) is 25.2 Å². The summed E-state index contributed by atoms with van der Waals surface area (Å²) in [4.78, 5) is 0. The van der Waals surface area contributed by atoms with Crippen molar-refractivity contribution in [3.63, 3.8) is 0 Å². The minimum Gasteiger partial charge on any atom is -0.494 e. The largest absolute Gasteiger partial charge is 0.494 e. The molecule has 16 heavy (non-hydrogen) atoms. The molecule has 0 aromatic heterocycles. The zero-order chi connectivity index (χ0) is 12.0. The summed E-state index contributed by atoms with van der Waals surface area (Å²) < 4.78 is 31.2. The molecule has 0 atom stereocenters. The smallest absolute Gasteiger partial charge is 0.264 e. The van der Waals surface area contributed by atoms with E-state index in [1.54, 1.807) is 24.3 Å². The van der Waals surface area contributed by atoms with Gasteiger partial charge < -0.3 is 10.5 Å². The third-order valence-corrected chi connectivity index (χ3v) is 2.33. The van der Waals surface area contributed by atoms with Crippen LogP contribution in [0.15, 0.2) is 24.3 Å². The number of nitrogens with two attached hydrogens (primary N) is 1. The third-order valence-electron chi connectivity index (χ3n) is 1.73. The average Bonchev–Trinajstić information content (AvgIpc) is 2.19. The highest BCUT2D eigenvalue weighted by molar-refractivity contribution is 7.85. The summed E-state index contributed by atoms with van der Waals surface area (Å²) in [6.45, 7) is 0.535. The fraction of sp³-hybridized carbons (Fsp3) is 0.400. The minimum absolute atomic E-state index is 0.133. The van der Waals surface area contributed by atoms with Crippen LogP contribution >= 0.6 is 0 Å². The second-order valence-corrected chi connectivity index (χ2v) is 4.94. The number of ether oxygens (including phenoxy) is 1. The van der Waals surface area contributed by atoms with Gasteiger partial charge in [-0.3, -0.25) is 4.18 Å². The summed E-state index contributed by atoms with van der Waals surface area (Å²) in [7, 11) is -3.35. The Balaban J connectivity index is 2.19. The zero-order valence-electron chi connectivity index (χ0n) is 9.05. The van der Waals surface area contributed by atoms with Crippen LogP contribution in [0.25, 0.3) is 0 Å². The summed E-state index contributed by atoms with van der Waals surface area (Å²) in [5.74, 6) is 0.702. The van der Waals surface area contributed by atoms with Gasteiger partial charge in [0, 0.05) is 12.1 Å². The lowest BCUT2D eigenvalue weighted by Gasteiger charge is -2.06. The first-order chi connectivity index (χ1) is 7.47. The molecule has 90 valence electrons. The third kappa shape index (κ3) is 5.57. The van der Waals surface area contributed by atoms with Gasteiger partial charge in [0.1, 0.15) is 5.75 Å². The first-order valence-electron chi connectivity index (χ1n) is 4.80. The summed E-state index contributed by atoms with van der Waals surface area (Å²) >= 11 is 0. The molecular weight excluding hydrogens is 230 g/mol. The number of hydrogen-bond acceptors (Lipinski definition) is 5. The number of benzene rings is 1. The Hall–Kier alpha value is -1.27. The Morgan fingerprint density at radius 3 is 2.38 bits per heavy atom. The van der Waals surface area contributed by atoms with Crippen LogP contribution < -0.4 is 10.5 Å². The van der Waals surface area contributed by atoms with E-state index >= 15 is 0 Å². The number of rotatable bonds is 6. The van der Waals surface area contributed by atoms with E-state index in [4.69, 9.17) is 10.5 Å². The van der Waals surface area contributed by atoms with E-state index in [2.05, 4.69) is 4.18 Å². The highest BCUT2D eigenvalue weighted by Gasteiger charge is 2.00. The molecule has 0 aliphatic carbocycles. The molecule has 0 amide bonds.